The van der Waals surface area contributed by atoms with Crippen LogP contribution in [0.5, 0.6) is 0 Å². The molecular formula is C10H9F4NO. The third-order valence-electron chi connectivity index (χ3n) is 1.95. The lowest BCUT2D eigenvalue weighted by molar-refractivity contribution is -0.170. The maximum atomic E-state index is 13.2. The van der Waals surface area contributed by atoms with E-state index in [1.54, 1.807) is 0 Å². The van der Waals surface area contributed by atoms with E-state index in [-0.39, 0.29) is 12.2 Å². The Morgan fingerprint density at radius 2 is 1.88 bits per heavy atom. The zero-order chi connectivity index (χ0) is 12.3. The zero-order valence-electron chi connectivity index (χ0n) is 8.38. The van der Waals surface area contributed by atoms with Crippen LogP contribution < -0.4 is 4.90 Å². The summed E-state index contributed by atoms with van der Waals surface area (Å²) in [6.07, 6.45) is -5.00. The van der Waals surface area contributed by atoms with E-state index in [1.165, 1.54) is 19.1 Å². The van der Waals surface area contributed by atoms with Gasteiger partial charge in [-0.05, 0) is 19.1 Å². The second-order valence-corrected chi connectivity index (χ2v) is 3.00. The Bertz CT molecular complexity index is 389. The third kappa shape index (κ3) is 2.50. The number of para-hydroxylation sites is 1. The molecular weight excluding hydrogens is 226 g/mol. The molecule has 0 saturated carbocycles. The van der Waals surface area contributed by atoms with Crippen molar-refractivity contribution in [1.29, 1.82) is 0 Å². The summed E-state index contributed by atoms with van der Waals surface area (Å²) < 4.78 is 49.8. The number of carbonyl (C=O) groups is 1. The molecule has 0 aromatic heterocycles. The van der Waals surface area contributed by atoms with Crippen LogP contribution >= 0.6 is 0 Å². The highest BCUT2D eigenvalue weighted by Crippen LogP contribution is 2.25. The van der Waals surface area contributed by atoms with Crippen molar-refractivity contribution in [3.63, 3.8) is 0 Å². The summed E-state index contributed by atoms with van der Waals surface area (Å²) in [4.78, 5) is 11.3. The molecule has 0 N–H and O–H groups in total. The first kappa shape index (κ1) is 12.5. The first-order valence-corrected chi connectivity index (χ1v) is 4.51. The first-order chi connectivity index (χ1) is 7.38. The average Bonchev–Trinajstić information content (AvgIpc) is 2.20. The quantitative estimate of drug-likeness (QED) is 0.722. The Hall–Kier alpha value is -1.59. The Kier molecular flexibility index (Phi) is 3.51. The van der Waals surface area contributed by atoms with Crippen molar-refractivity contribution in [2.75, 3.05) is 11.4 Å². The van der Waals surface area contributed by atoms with Crippen LogP contribution in [0, 0.1) is 5.82 Å². The SMILES string of the molecule is CCN(C(=O)C(F)(F)F)c1ccccc1F. The maximum absolute atomic E-state index is 13.2. The minimum atomic E-state index is -5.00. The summed E-state index contributed by atoms with van der Waals surface area (Å²) in [5.41, 5.74) is -0.368. The predicted octanol–water partition coefficient (Wildman–Crippen LogP) is 2.74. The minimum Gasteiger partial charge on any atom is -0.302 e. The van der Waals surface area contributed by atoms with Gasteiger partial charge in [0.2, 0.25) is 0 Å². The highest BCUT2D eigenvalue weighted by molar-refractivity contribution is 5.97. The molecule has 2 nitrogen and oxygen atoms in total. The smallest absolute Gasteiger partial charge is 0.302 e. The molecule has 0 fully saturated rings. The van der Waals surface area contributed by atoms with Crippen LogP contribution in [0.1, 0.15) is 6.92 Å². The van der Waals surface area contributed by atoms with Crippen molar-refractivity contribution in [1.82, 2.24) is 0 Å². The van der Waals surface area contributed by atoms with Crippen LogP contribution in [-0.2, 0) is 4.79 Å². The van der Waals surface area contributed by atoms with E-state index in [2.05, 4.69) is 0 Å². The highest BCUT2D eigenvalue weighted by Gasteiger charge is 2.43. The van der Waals surface area contributed by atoms with Crippen molar-refractivity contribution >= 4 is 11.6 Å². The number of rotatable bonds is 2. The van der Waals surface area contributed by atoms with Crippen molar-refractivity contribution in [3.8, 4) is 0 Å². The number of halogens is 4. The molecule has 0 bridgehead atoms. The summed E-state index contributed by atoms with van der Waals surface area (Å²) in [5.74, 6) is -2.93. The van der Waals surface area contributed by atoms with Crippen LogP contribution in [0.2, 0.25) is 0 Å². The van der Waals surface area contributed by atoms with Crippen molar-refractivity contribution < 1.29 is 22.4 Å². The van der Waals surface area contributed by atoms with Crippen LogP contribution in [0.15, 0.2) is 24.3 Å². The fourth-order valence-corrected chi connectivity index (χ4v) is 1.25. The summed E-state index contributed by atoms with van der Waals surface area (Å²) in [5, 5.41) is 0. The van der Waals surface area contributed by atoms with Gasteiger partial charge in [0.1, 0.15) is 5.82 Å². The van der Waals surface area contributed by atoms with Gasteiger partial charge in [0, 0.05) is 6.54 Å². The van der Waals surface area contributed by atoms with E-state index < -0.39 is 17.9 Å². The second kappa shape index (κ2) is 4.51. The second-order valence-electron chi connectivity index (χ2n) is 3.00. The van der Waals surface area contributed by atoms with E-state index in [0.29, 0.717) is 4.90 Å². The largest absolute Gasteiger partial charge is 0.471 e. The molecule has 0 aliphatic carbocycles. The van der Waals surface area contributed by atoms with Gasteiger partial charge in [-0.1, -0.05) is 12.1 Å². The fraction of sp³-hybridized carbons (Fsp3) is 0.300. The topological polar surface area (TPSA) is 20.3 Å². The standard InChI is InChI=1S/C10H9F4NO/c1-2-15(9(16)10(12,13)14)8-6-4-3-5-7(8)11/h3-6H,2H2,1H3. The first-order valence-electron chi connectivity index (χ1n) is 4.51. The Labute approximate surface area is 89.5 Å². The van der Waals surface area contributed by atoms with Gasteiger partial charge in [-0.15, -0.1) is 0 Å². The number of hydrogen-bond donors (Lipinski definition) is 0. The normalized spacial score (nSPS) is 11.3. The molecule has 0 spiro atoms. The number of carbonyl (C=O) groups excluding carboxylic acids is 1. The van der Waals surface area contributed by atoms with E-state index in [9.17, 15) is 22.4 Å². The van der Waals surface area contributed by atoms with Crippen LogP contribution in [-0.4, -0.2) is 18.6 Å². The lowest BCUT2D eigenvalue weighted by Gasteiger charge is -2.22. The average molecular weight is 235 g/mol. The van der Waals surface area contributed by atoms with Crippen molar-refractivity contribution in [2.24, 2.45) is 0 Å². The van der Waals surface area contributed by atoms with E-state index in [1.807, 2.05) is 0 Å². The predicted molar refractivity (Wildman–Crippen MR) is 50.5 cm³/mol. The molecule has 1 amide bonds. The molecule has 0 aliphatic heterocycles. The molecule has 0 atom stereocenters. The van der Waals surface area contributed by atoms with Gasteiger partial charge in [0.25, 0.3) is 0 Å². The summed E-state index contributed by atoms with van der Waals surface area (Å²) in [6, 6.07) is 4.83. The van der Waals surface area contributed by atoms with Crippen molar-refractivity contribution in [3.05, 3.63) is 30.1 Å². The molecule has 16 heavy (non-hydrogen) atoms. The lowest BCUT2D eigenvalue weighted by atomic mass is 10.2. The zero-order valence-corrected chi connectivity index (χ0v) is 8.38. The Morgan fingerprint density at radius 3 is 2.31 bits per heavy atom. The fourth-order valence-electron chi connectivity index (χ4n) is 1.25. The molecule has 6 heteroatoms. The number of hydrogen-bond acceptors (Lipinski definition) is 1. The Morgan fingerprint density at radius 1 is 1.31 bits per heavy atom. The molecule has 0 aliphatic rings. The Balaban J connectivity index is 3.09. The van der Waals surface area contributed by atoms with Gasteiger partial charge in [0.15, 0.2) is 0 Å². The molecule has 0 radical (unpaired) electrons. The van der Waals surface area contributed by atoms with Gasteiger partial charge in [-0.3, -0.25) is 4.79 Å². The third-order valence-corrected chi connectivity index (χ3v) is 1.95. The van der Waals surface area contributed by atoms with Crippen molar-refractivity contribution in [2.45, 2.75) is 13.1 Å². The number of amides is 1. The van der Waals surface area contributed by atoms with Gasteiger partial charge in [-0.25, -0.2) is 4.39 Å². The lowest BCUT2D eigenvalue weighted by Crippen LogP contribution is -2.41. The minimum absolute atomic E-state index is 0.251. The summed E-state index contributed by atoms with van der Waals surface area (Å²) in [6.45, 7) is 1.09. The maximum Gasteiger partial charge on any atom is 0.471 e. The number of anilines is 1. The number of benzene rings is 1. The van der Waals surface area contributed by atoms with E-state index in [4.69, 9.17) is 0 Å². The van der Waals surface area contributed by atoms with Crippen LogP contribution in [0.4, 0.5) is 23.2 Å². The molecule has 1 rings (SSSR count). The van der Waals surface area contributed by atoms with Gasteiger partial charge in [0.05, 0.1) is 5.69 Å². The van der Waals surface area contributed by atoms with Crippen LogP contribution in [0.25, 0.3) is 0 Å². The van der Waals surface area contributed by atoms with E-state index >= 15 is 0 Å². The number of alkyl halides is 3. The van der Waals surface area contributed by atoms with Crippen LogP contribution in [0.3, 0.4) is 0 Å². The van der Waals surface area contributed by atoms with Gasteiger partial charge < -0.3 is 4.90 Å². The molecule has 1 aromatic rings. The number of nitrogens with zero attached hydrogens (tertiary/aromatic N) is 1. The molecule has 1 aromatic carbocycles. The summed E-state index contributed by atoms with van der Waals surface area (Å²) in [7, 11) is 0. The molecule has 88 valence electrons. The molecule has 0 unspecified atom stereocenters. The monoisotopic (exact) mass is 235 g/mol. The summed E-state index contributed by atoms with van der Waals surface area (Å²) >= 11 is 0. The highest BCUT2D eigenvalue weighted by atomic mass is 19.4. The molecule has 0 heterocycles. The van der Waals surface area contributed by atoms with E-state index in [0.717, 1.165) is 12.1 Å². The molecule has 0 saturated heterocycles. The van der Waals surface area contributed by atoms with Gasteiger partial charge >= 0.3 is 12.1 Å². The van der Waals surface area contributed by atoms with Gasteiger partial charge in [-0.2, -0.15) is 13.2 Å².